The third-order valence-electron chi connectivity index (χ3n) is 2.38. The minimum absolute atomic E-state index is 0.223. The third-order valence-corrected chi connectivity index (χ3v) is 3.37. The zero-order chi connectivity index (χ0) is 10.5. The molecule has 3 nitrogen and oxygen atoms in total. The monoisotopic (exact) mass is 223 g/mol. The fraction of sp³-hybridized carbons (Fsp3) is 0.364. The summed E-state index contributed by atoms with van der Waals surface area (Å²) in [7, 11) is 0. The highest BCUT2D eigenvalue weighted by Gasteiger charge is 2.24. The van der Waals surface area contributed by atoms with Crippen molar-refractivity contribution in [2.45, 2.75) is 6.23 Å². The van der Waals surface area contributed by atoms with Crippen molar-refractivity contribution >= 4 is 18.2 Å². The second-order valence-electron chi connectivity index (χ2n) is 3.35. The molecule has 80 valence electrons. The van der Waals surface area contributed by atoms with Gasteiger partial charge >= 0.3 is 0 Å². The predicted molar refractivity (Wildman–Crippen MR) is 60.4 cm³/mol. The number of carbonyl (C=O) groups is 1. The molecule has 0 amide bonds. The first-order valence-electron chi connectivity index (χ1n) is 4.87. The molecular formula is C11H13NO2S. The van der Waals surface area contributed by atoms with Crippen LogP contribution >= 0.6 is 11.8 Å². The molecule has 0 spiro atoms. The van der Waals surface area contributed by atoms with Gasteiger partial charge in [-0.2, -0.15) is 0 Å². The Morgan fingerprint density at radius 2 is 2.20 bits per heavy atom. The van der Waals surface area contributed by atoms with Crippen LogP contribution < -0.4 is 0 Å². The number of hydrogen-bond acceptors (Lipinski definition) is 4. The van der Waals surface area contributed by atoms with E-state index in [0.717, 1.165) is 23.7 Å². The van der Waals surface area contributed by atoms with Crippen LogP contribution in [0.1, 0.15) is 11.8 Å². The average Bonchev–Trinajstić information content (AvgIpc) is 2.80. The number of hydrogen-bond donors (Lipinski definition) is 0. The zero-order valence-electron chi connectivity index (χ0n) is 8.33. The van der Waals surface area contributed by atoms with E-state index >= 15 is 0 Å². The van der Waals surface area contributed by atoms with Crippen LogP contribution in [0.25, 0.3) is 0 Å². The van der Waals surface area contributed by atoms with Crippen molar-refractivity contribution in [3.63, 3.8) is 0 Å². The minimum atomic E-state index is -0.223. The maximum atomic E-state index is 10.5. The predicted octanol–water partition coefficient (Wildman–Crippen LogP) is 1.86. The Morgan fingerprint density at radius 1 is 1.40 bits per heavy atom. The Bertz CT molecular complexity index is 312. The lowest BCUT2D eigenvalue weighted by Crippen LogP contribution is -2.27. The number of thioether (sulfide) groups is 1. The van der Waals surface area contributed by atoms with Crippen LogP contribution in [0.2, 0.25) is 0 Å². The molecule has 4 heteroatoms. The summed E-state index contributed by atoms with van der Waals surface area (Å²) >= 11 is 1.86. The highest BCUT2D eigenvalue weighted by Crippen LogP contribution is 2.27. The molecule has 0 saturated carbocycles. The minimum Gasteiger partial charge on any atom is -0.444 e. The first-order valence-corrected chi connectivity index (χ1v) is 6.03. The molecule has 1 atom stereocenters. The number of carbonyl (C=O) groups excluding carboxylic acids is 1. The fourth-order valence-corrected chi connectivity index (χ4v) is 2.65. The Kier molecular flexibility index (Phi) is 3.64. The van der Waals surface area contributed by atoms with E-state index in [2.05, 4.69) is 4.90 Å². The van der Waals surface area contributed by atoms with Crippen molar-refractivity contribution in [3.8, 4) is 0 Å². The van der Waals surface area contributed by atoms with Crippen LogP contribution in [0.5, 0.6) is 0 Å². The Labute approximate surface area is 93.4 Å². The summed E-state index contributed by atoms with van der Waals surface area (Å²) in [5, 5.41) is 0. The van der Waals surface area contributed by atoms with E-state index in [1.165, 1.54) is 0 Å². The second kappa shape index (κ2) is 5.19. The molecule has 0 aliphatic carbocycles. The smallest absolute Gasteiger partial charge is 0.294 e. The molecule has 0 N–H and O–H groups in total. The van der Waals surface area contributed by atoms with E-state index in [0.29, 0.717) is 6.47 Å². The molecule has 1 aliphatic heterocycles. The highest BCUT2D eigenvalue weighted by atomic mass is 32.2. The van der Waals surface area contributed by atoms with Crippen molar-refractivity contribution in [3.05, 3.63) is 35.9 Å². The standard InChI is InChI=1S/C11H13NO2S/c13-9-14-11(12-6-7-15-8-12)10-4-2-1-3-5-10/h1-5,9,11H,6-8H2. The summed E-state index contributed by atoms with van der Waals surface area (Å²) in [6.45, 7) is 1.50. The third kappa shape index (κ3) is 2.52. The number of nitrogens with zero attached hydrogens (tertiary/aromatic N) is 1. The van der Waals surface area contributed by atoms with Gasteiger partial charge in [-0.3, -0.25) is 9.69 Å². The van der Waals surface area contributed by atoms with Crippen LogP contribution in [-0.2, 0) is 9.53 Å². The number of ether oxygens (including phenoxy) is 1. The Hall–Kier alpha value is -1.00. The summed E-state index contributed by atoms with van der Waals surface area (Å²) < 4.78 is 5.14. The van der Waals surface area contributed by atoms with E-state index < -0.39 is 0 Å². The number of rotatable bonds is 4. The van der Waals surface area contributed by atoms with Crippen molar-refractivity contribution in [2.24, 2.45) is 0 Å². The number of benzene rings is 1. The highest BCUT2D eigenvalue weighted by molar-refractivity contribution is 7.99. The summed E-state index contributed by atoms with van der Waals surface area (Å²) in [5.41, 5.74) is 1.03. The zero-order valence-corrected chi connectivity index (χ0v) is 9.15. The van der Waals surface area contributed by atoms with E-state index in [9.17, 15) is 4.79 Å². The summed E-state index contributed by atoms with van der Waals surface area (Å²) in [4.78, 5) is 12.7. The second-order valence-corrected chi connectivity index (χ2v) is 4.42. The van der Waals surface area contributed by atoms with E-state index in [4.69, 9.17) is 4.74 Å². The molecule has 1 heterocycles. The van der Waals surface area contributed by atoms with E-state index in [1.807, 2.05) is 42.1 Å². The molecule has 1 aliphatic rings. The molecule has 1 aromatic rings. The molecule has 15 heavy (non-hydrogen) atoms. The maximum Gasteiger partial charge on any atom is 0.294 e. The SMILES string of the molecule is O=COC(c1ccccc1)N1CCSC1. The van der Waals surface area contributed by atoms with Crippen LogP contribution in [0.4, 0.5) is 0 Å². The van der Waals surface area contributed by atoms with Crippen molar-refractivity contribution < 1.29 is 9.53 Å². The molecule has 0 radical (unpaired) electrons. The summed E-state index contributed by atoms with van der Waals surface area (Å²) in [5.74, 6) is 2.03. The van der Waals surface area contributed by atoms with Crippen molar-refractivity contribution in [1.82, 2.24) is 4.90 Å². The molecule has 1 aromatic carbocycles. The van der Waals surface area contributed by atoms with E-state index in [1.54, 1.807) is 0 Å². The molecular weight excluding hydrogens is 210 g/mol. The Morgan fingerprint density at radius 3 is 2.80 bits per heavy atom. The topological polar surface area (TPSA) is 29.5 Å². The van der Waals surface area contributed by atoms with Gasteiger partial charge in [0.2, 0.25) is 0 Å². The van der Waals surface area contributed by atoms with Gasteiger partial charge in [-0.25, -0.2) is 0 Å². The molecule has 1 fully saturated rings. The lowest BCUT2D eigenvalue weighted by molar-refractivity contribution is -0.142. The van der Waals surface area contributed by atoms with E-state index in [-0.39, 0.29) is 6.23 Å². The van der Waals surface area contributed by atoms with Gasteiger partial charge in [-0.1, -0.05) is 30.3 Å². The maximum absolute atomic E-state index is 10.5. The van der Waals surface area contributed by atoms with Crippen LogP contribution in [-0.4, -0.2) is 29.5 Å². The molecule has 1 unspecified atom stereocenters. The summed E-state index contributed by atoms with van der Waals surface area (Å²) in [6, 6.07) is 9.84. The first-order chi connectivity index (χ1) is 7.42. The molecule has 1 saturated heterocycles. The lowest BCUT2D eigenvalue weighted by Gasteiger charge is -2.24. The van der Waals surface area contributed by atoms with Gasteiger partial charge in [-0.05, 0) is 0 Å². The van der Waals surface area contributed by atoms with Gasteiger partial charge in [0, 0.05) is 23.7 Å². The van der Waals surface area contributed by atoms with Gasteiger partial charge in [0.15, 0.2) is 6.23 Å². The summed E-state index contributed by atoms with van der Waals surface area (Å²) in [6.07, 6.45) is -0.223. The first kappa shape index (κ1) is 10.5. The molecule has 0 aromatic heterocycles. The Balaban J connectivity index is 2.15. The average molecular weight is 223 g/mol. The van der Waals surface area contributed by atoms with Gasteiger partial charge in [-0.15, -0.1) is 11.8 Å². The van der Waals surface area contributed by atoms with Gasteiger partial charge in [0.05, 0.1) is 0 Å². The van der Waals surface area contributed by atoms with Crippen molar-refractivity contribution in [2.75, 3.05) is 18.2 Å². The van der Waals surface area contributed by atoms with Gasteiger partial charge < -0.3 is 4.74 Å². The largest absolute Gasteiger partial charge is 0.444 e. The van der Waals surface area contributed by atoms with Crippen LogP contribution in [0, 0.1) is 0 Å². The lowest BCUT2D eigenvalue weighted by atomic mass is 10.2. The van der Waals surface area contributed by atoms with Crippen LogP contribution in [0.15, 0.2) is 30.3 Å². The van der Waals surface area contributed by atoms with Crippen LogP contribution in [0.3, 0.4) is 0 Å². The normalized spacial score (nSPS) is 18.7. The fourth-order valence-electron chi connectivity index (χ4n) is 1.66. The van der Waals surface area contributed by atoms with Gasteiger partial charge in [0.1, 0.15) is 0 Å². The van der Waals surface area contributed by atoms with Gasteiger partial charge in [0.25, 0.3) is 6.47 Å². The molecule has 2 rings (SSSR count). The molecule has 0 bridgehead atoms. The quantitative estimate of drug-likeness (QED) is 0.729. The van der Waals surface area contributed by atoms with Crippen molar-refractivity contribution in [1.29, 1.82) is 0 Å².